The van der Waals surface area contributed by atoms with Crippen LogP contribution in [-0.4, -0.2) is 38.7 Å². The van der Waals surface area contributed by atoms with E-state index in [2.05, 4.69) is 21.2 Å². The molecule has 1 N–H and O–H groups in total. The second-order valence-electron chi connectivity index (χ2n) is 6.57. The van der Waals surface area contributed by atoms with Crippen LogP contribution in [0.25, 0.3) is 11.0 Å². The van der Waals surface area contributed by atoms with E-state index in [1.165, 1.54) is 25.3 Å². The van der Waals surface area contributed by atoms with E-state index in [0.29, 0.717) is 17.7 Å². The third-order valence-electron chi connectivity index (χ3n) is 4.26. The van der Waals surface area contributed by atoms with Gasteiger partial charge in [0.15, 0.2) is 6.61 Å². The molecule has 8 nitrogen and oxygen atoms in total. The molecule has 1 amide bonds. The lowest BCUT2D eigenvalue weighted by atomic mass is 10.1. The first-order valence-corrected chi connectivity index (χ1v) is 10.1. The molecular weight excluding hydrogens is 470 g/mol. The molecule has 0 aliphatic carbocycles. The highest BCUT2D eigenvalue weighted by Gasteiger charge is 2.14. The van der Waals surface area contributed by atoms with Gasteiger partial charge in [-0.15, -0.1) is 0 Å². The Balaban J connectivity index is 1.67. The molecule has 0 unspecified atom stereocenters. The number of ether oxygens (including phenoxy) is 3. The SMILES string of the molecule is COCCNC(=O)c1cc2ccc(OC(=O)COc3ccc(Br)c(C)c3)cc2oc1=O. The maximum atomic E-state index is 12.2. The lowest BCUT2D eigenvalue weighted by Crippen LogP contribution is -2.30. The van der Waals surface area contributed by atoms with E-state index in [0.717, 1.165) is 10.0 Å². The Labute approximate surface area is 186 Å². The van der Waals surface area contributed by atoms with Crippen LogP contribution in [0.3, 0.4) is 0 Å². The van der Waals surface area contributed by atoms with Crippen LogP contribution in [0.5, 0.6) is 11.5 Å². The number of fused-ring (bicyclic) bond motifs is 1. The van der Waals surface area contributed by atoms with Crippen LogP contribution in [0.1, 0.15) is 15.9 Å². The first kappa shape index (κ1) is 22.5. The van der Waals surface area contributed by atoms with Crippen LogP contribution in [0.15, 0.2) is 56.1 Å². The second kappa shape index (κ2) is 10.2. The summed E-state index contributed by atoms with van der Waals surface area (Å²) in [5.74, 6) is -0.438. The molecule has 1 heterocycles. The van der Waals surface area contributed by atoms with E-state index in [9.17, 15) is 14.4 Å². The molecule has 3 aromatic rings. The Kier molecular flexibility index (Phi) is 7.43. The standard InChI is InChI=1S/C22H20BrNO7/c1-13-9-15(5-6-18(13)23)29-12-20(25)30-16-4-3-14-10-17(21(26)24-7-8-28-2)22(27)31-19(14)11-16/h3-6,9-11H,7-8,12H2,1-2H3,(H,24,26). The predicted molar refractivity (Wildman–Crippen MR) is 117 cm³/mol. The van der Waals surface area contributed by atoms with Gasteiger partial charge in [-0.3, -0.25) is 4.79 Å². The Bertz CT molecular complexity index is 1170. The molecule has 162 valence electrons. The van der Waals surface area contributed by atoms with Gasteiger partial charge in [-0.05, 0) is 48.9 Å². The minimum atomic E-state index is -0.792. The van der Waals surface area contributed by atoms with Crippen LogP contribution in [0.4, 0.5) is 0 Å². The summed E-state index contributed by atoms with van der Waals surface area (Å²) >= 11 is 3.40. The molecule has 1 aromatic heterocycles. The number of methoxy groups -OCH3 is 1. The maximum Gasteiger partial charge on any atom is 0.349 e. The van der Waals surface area contributed by atoms with Crippen molar-refractivity contribution in [3.05, 3.63) is 68.5 Å². The number of hydrogen-bond acceptors (Lipinski definition) is 7. The third kappa shape index (κ3) is 5.93. The normalized spacial score (nSPS) is 10.7. The Hall–Kier alpha value is -3.17. The Morgan fingerprint density at radius 2 is 1.87 bits per heavy atom. The lowest BCUT2D eigenvalue weighted by molar-refractivity contribution is -0.136. The molecule has 2 aromatic carbocycles. The van der Waals surface area contributed by atoms with Crippen molar-refractivity contribution in [3.8, 4) is 11.5 Å². The first-order valence-electron chi connectivity index (χ1n) is 9.32. The quantitative estimate of drug-likeness (QED) is 0.224. The van der Waals surface area contributed by atoms with Crippen molar-refractivity contribution >= 4 is 38.8 Å². The zero-order valence-corrected chi connectivity index (χ0v) is 18.5. The summed E-state index contributed by atoms with van der Waals surface area (Å²) in [5.41, 5.74) is 0.252. The highest BCUT2D eigenvalue weighted by molar-refractivity contribution is 9.10. The van der Waals surface area contributed by atoms with Crippen molar-refractivity contribution in [1.29, 1.82) is 0 Å². The van der Waals surface area contributed by atoms with Gasteiger partial charge in [0.1, 0.15) is 22.6 Å². The van der Waals surface area contributed by atoms with Crippen molar-refractivity contribution in [2.24, 2.45) is 0 Å². The van der Waals surface area contributed by atoms with Gasteiger partial charge in [-0.2, -0.15) is 0 Å². The minimum Gasteiger partial charge on any atom is -0.482 e. The molecular formula is C22H20BrNO7. The Morgan fingerprint density at radius 1 is 1.10 bits per heavy atom. The molecule has 0 radical (unpaired) electrons. The van der Waals surface area contributed by atoms with E-state index in [1.54, 1.807) is 18.2 Å². The third-order valence-corrected chi connectivity index (χ3v) is 5.15. The van der Waals surface area contributed by atoms with E-state index >= 15 is 0 Å². The smallest absolute Gasteiger partial charge is 0.349 e. The van der Waals surface area contributed by atoms with Gasteiger partial charge >= 0.3 is 11.6 Å². The van der Waals surface area contributed by atoms with Gasteiger partial charge in [0.2, 0.25) is 0 Å². The summed E-state index contributed by atoms with van der Waals surface area (Å²) in [6.45, 7) is 2.21. The van der Waals surface area contributed by atoms with Crippen molar-refractivity contribution < 1.29 is 28.2 Å². The first-order chi connectivity index (χ1) is 14.9. The van der Waals surface area contributed by atoms with Crippen molar-refractivity contribution in [2.75, 3.05) is 26.9 Å². The van der Waals surface area contributed by atoms with Crippen LogP contribution in [0.2, 0.25) is 0 Å². The average molecular weight is 490 g/mol. The molecule has 0 atom stereocenters. The molecule has 0 aliphatic rings. The van der Waals surface area contributed by atoms with E-state index in [4.69, 9.17) is 18.6 Å². The number of benzene rings is 2. The highest BCUT2D eigenvalue weighted by atomic mass is 79.9. The number of amides is 1. The summed E-state index contributed by atoms with van der Waals surface area (Å²) in [7, 11) is 1.51. The number of nitrogens with one attached hydrogen (secondary N) is 1. The monoisotopic (exact) mass is 489 g/mol. The van der Waals surface area contributed by atoms with Crippen molar-refractivity contribution in [2.45, 2.75) is 6.92 Å². The van der Waals surface area contributed by atoms with Gasteiger partial charge in [0, 0.05) is 29.6 Å². The maximum absolute atomic E-state index is 12.2. The molecule has 3 rings (SSSR count). The van der Waals surface area contributed by atoms with Crippen molar-refractivity contribution in [1.82, 2.24) is 5.32 Å². The minimum absolute atomic E-state index is 0.119. The molecule has 0 saturated carbocycles. The fourth-order valence-electron chi connectivity index (χ4n) is 2.69. The molecule has 0 fully saturated rings. The van der Waals surface area contributed by atoms with E-state index < -0.39 is 17.5 Å². The van der Waals surface area contributed by atoms with E-state index in [1.807, 2.05) is 13.0 Å². The van der Waals surface area contributed by atoms with Gasteiger partial charge in [-0.1, -0.05) is 15.9 Å². The fourth-order valence-corrected chi connectivity index (χ4v) is 2.93. The molecule has 0 spiro atoms. The molecule has 0 saturated heterocycles. The fraction of sp³-hybridized carbons (Fsp3) is 0.227. The summed E-state index contributed by atoms with van der Waals surface area (Å²) in [6.07, 6.45) is 0. The van der Waals surface area contributed by atoms with Crippen LogP contribution < -0.4 is 20.4 Å². The number of carbonyl (C=O) groups is 2. The van der Waals surface area contributed by atoms with Crippen LogP contribution in [0, 0.1) is 6.92 Å². The van der Waals surface area contributed by atoms with Gasteiger partial charge in [-0.25, -0.2) is 9.59 Å². The number of carbonyl (C=O) groups excluding carboxylic acids is 2. The van der Waals surface area contributed by atoms with E-state index in [-0.39, 0.29) is 30.0 Å². The number of rotatable bonds is 8. The van der Waals surface area contributed by atoms with Crippen LogP contribution in [-0.2, 0) is 9.53 Å². The largest absolute Gasteiger partial charge is 0.482 e. The number of hydrogen-bond donors (Lipinski definition) is 1. The van der Waals surface area contributed by atoms with Crippen molar-refractivity contribution in [3.63, 3.8) is 0 Å². The number of esters is 1. The summed E-state index contributed by atoms with van der Waals surface area (Å²) in [6, 6.07) is 11.3. The molecule has 9 heteroatoms. The lowest BCUT2D eigenvalue weighted by Gasteiger charge is -2.09. The number of aryl methyl sites for hydroxylation is 1. The topological polar surface area (TPSA) is 104 Å². The van der Waals surface area contributed by atoms with Gasteiger partial charge < -0.3 is 23.9 Å². The van der Waals surface area contributed by atoms with Crippen LogP contribution >= 0.6 is 15.9 Å². The zero-order valence-electron chi connectivity index (χ0n) is 16.9. The Morgan fingerprint density at radius 3 is 2.61 bits per heavy atom. The average Bonchev–Trinajstić information content (AvgIpc) is 2.74. The van der Waals surface area contributed by atoms with Gasteiger partial charge in [0.25, 0.3) is 5.91 Å². The molecule has 31 heavy (non-hydrogen) atoms. The summed E-state index contributed by atoms with van der Waals surface area (Å²) in [4.78, 5) is 36.4. The predicted octanol–water partition coefficient (Wildman–Crippen LogP) is 3.22. The summed E-state index contributed by atoms with van der Waals surface area (Å²) in [5, 5.41) is 3.08. The zero-order chi connectivity index (χ0) is 22.4. The number of halogens is 1. The second-order valence-corrected chi connectivity index (χ2v) is 7.42. The molecule has 0 aliphatic heterocycles. The highest BCUT2D eigenvalue weighted by Crippen LogP contribution is 2.23. The summed E-state index contributed by atoms with van der Waals surface area (Å²) < 4.78 is 21.7. The van der Waals surface area contributed by atoms with Gasteiger partial charge in [0.05, 0.1) is 6.61 Å². The molecule has 0 bridgehead atoms.